The molecular formula is C14H21NO. The zero-order valence-electron chi connectivity index (χ0n) is 9.95. The van der Waals surface area contributed by atoms with E-state index in [4.69, 9.17) is 5.11 Å². The maximum atomic E-state index is 9.12. The van der Waals surface area contributed by atoms with Crippen LogP contribution >= 0.6 is 0 Å². The molecular weight excluding hydrogens is 198 g/mol. The van der Waals surface area contributed by atoms with Crippen molar-refractivity contribution in [2.75, 3.05) is 13.1 Å². The van der Waals surface area contributed by atoms with Crippen LogP contribution in [0, 0.1) is 0 Å². The van der Waals surface area contributed by atoms with Crippen LogP contribution in [0.15, 0.2) is 24.3 Å². The fourth-order valence-electron chi connectivity index (χ4n) is 2.34. The molecule has 1 aliphatic rings. The molecule has 88 valence electrons. The zero-order valence-corrected chi connectivity index (χ0v) is 9.95. The van der Waals surface area contributed by atoms with Crippen molar-refractivity contribution in [3.05, 3.63) is 35.4 Å². The van der Waals surface area contributed by atoms with Crippen LogP contribution in [-0.4, -0.2) is 24.3 Å². The lowest BCUT2D eigenvalue weighted by Crippen LogP contribution is -2.29. The van der Waals surface area contributed by atoms with Gasteiger partial charge in [0.25, 0.3) is 0 Å². The van der Waals surface area contributed by atoms with Gasteiger partial charge in [0.1, 0.15) is 0 Å². The van der Waals surface area contributed by atoms with E-state index in [0.29, 0.717) is 5.92 Å². The molecule has 0 fully saturated rings. The number of aliphatic hydroxyl groups is 1. The molecule has 2 unspecified atom stereocenters. The van der Waals surface area contributed by atoms with Gasteiger partial charge in [-0.15, -0.1) is 0 Å². The summed E-state index contributed by atoms with van der Waals surface area (Å²) < 4.78 is 0. The van der Waals surface area contributed by atoms with Gasteiger partial charge in [0.15, 0.2) is 0 Å². The van der Waals surface area contributed by atoms with E-state index in [2.05, 4.69) is 29.6 Å². The Morgan fingerprint density at radius 1 is 1.44 bits per heavy atom. The third kappa shape index (κ3) is 2.83. The van der Waals surface area contributed by atoms with Crippen molar-refractivity contribution < 1.29 is 5.11 Å². The van der Waals surface area contributed by atoms with Gasteiger partial charge in [0.05, 0.1) is 6.10 Å². The molecule has 1 aromatic rings. The molecule has 0 radical (unpaired) electrons. The summed E-state index contributed by atoms with van der Waals surface area (Å²) in [7, 11) is 0. The van der Waals surface area contributed by atoms with Gasteiger partial charge in [0, 0.05) is 12.5 Å². The van der Waals surface area contributed by atoms with Crippen LogP contribution < -0.4 is 5.32 Å². The Balaban J connectivity index is 1.63. The number of hydrogen-bond acceptors (Lipinski definition) is 2. The van der Waals surface area contributed by atoms with Crippen molar-refractivity contribution in [1.29, 1.82) is 0 Å². The largest absolute Gasteiger partial charge is 0.393 e. The maximum Gasteiger partial charge on any atom is 0.0512 e. The third-order valence-electron chi connectivity index (χ3n) is 3.33. The summed E-state index contributed by atoms with van der Waals surface area (Å²) in [5, 5.41) is 12.6. The Labute approximate surface area is 97.7 Å². The molecule has 0 saturated heterocycles. The molecule has 0 spiro atoms. The van der Waals surface area contributed by atoms with E-state index in [1.807, 2.05) is 6.92 Å². The molecule has 0 bridgehead atoms. The monoisotopic (exact) mass is 219 g/mol. The van der Waals surface area contributed by atoms with Gasteiger partial charge in [-0.3, -0.25) is 0 Å². The second-order valence-electron chi connectivity index (χ2n) is 4.80. The summed E-state index contributed by atoms with van der Waals surface area (Å²) in [4.78, 5) is 0. The quantitative estimate of drug-likeness (QED) is 0.718. The molecule has 2 nitrogen and oxygen atoms in total. The minimum atomic E-state index is -0.161. The fourth-order valence-corrected chi connectivity index (χ4v) is 2.34. The highest BCUT2D eigenvalue weighted by atomic mass is 16.3. The first kappa shape index (κ1) is 11.6. The first-order chi connectivity index (χ1) is 7.77. The van der Waals surface area contributed by atoms with Gasteiger partial charge in [-0.25, -0.2) is 0 Å². The minimum absolute atomic E-state index is 0.161. The predicted octanol–water partition coefficient (Wildman–Crippen LogP) is 2.08. The number of hydrogen-bond donors (Lipinski definition) is 2. The summed E-state index contributed by atoms with van der Waals surface area (Å²) >= 11 is 0. The van der Waals surface area contributed by atoms with Gasteiger partial charge in [-0.2, -0.15) is 0 Å². The fraction of sp³-hybridized carbons (Fsp3) is 0.571. The SMILES string of the molecule is CC(O)CCCNCC1Cc2ccccc21. The molecule has 1 aliphatic carbocycles. The number of benzene rings is 1. The molecule has 0 amide bonds. The lowest BCUT2D eigenvalue weighted by molar-refractivity contribution is 0.181. The van der Waals surface area contributed by atoms with E-state index in [1.54, 1.807) is 0 Å². The molecule has 0 aliphatic heterocycles. The molecule has 1 aromatic carbocycles. The Morgan fingerprint density at radius 2 is 2.25 bits per heavy atom. The van der Waals surface area contributed by atoms with Gasteiger partial charge in [-0.1, -0.05) is 24.3 Å². The highest BCUT2D eigenvalue weighted by Crippen LogP contribution is 2.33. The second kappa shape index (κ2) is 5.46. The van der Waals surface area contributed by atoms with E-state index in [0.717, 1.165) is 25.9 Å². The predicted molar refractivity (Wildman–Crippen MR) is 66.7 cm³/mol. The van der Waals surface area contributed by atoms with Crippen LogP contribution in [0.3, 0.4) is 0 Å². The summed E-state index contributed by atoms with van der Waals surface area (Å²) in [6, 6.07) is 8.70. The Bertz CT molecular complexity index is 335. The second-order valence-corrected chi connectivity index (χ2v) is 4.80. The average molecular weight is 219 g/mol. The molecule has 2 N–H and O–H groups in total. The normalized spacial score (nSPS) is 20.0. The zero-order chi connectivity index (χ0) is 11.4. The summed E-state index contributed by atoms with van der Waals surface area (Å²) in [6.07, 6.45) is 3.02. The van der Waals surface area contributed by atoms with Crippen molar-refractivity contribution in [3.63, 3.8) is 0 Å². The van der Waals surface area contributed by atoms with E-state index in [9.17, 15) is 0 Å². The average Bonchev–Trinajstić information content (AvgIpc) is 2.23. The van der Waals surface area contributed by atoms with E-state index < -0.39 is 0 Å². The summed E-state index contributed by atoms with van der Waals surface area (Å²) in [6.45, 7) is 3.95. The smallest absolute Gasteiger partial charge is 0.0512 e. The van der Waals surface area contributed by atoms with Crippen LogP contribution in [0.4, 0.5) is 0 Å². The van der Waals surface area contributed by atoms with Crippen molar-refractivity contribution in [1.82, 2.24) is 5.32 Å². The number of nitrogens with one attached hydrogen (secondary N) is 1. The van der Waals surface area contributed by atoms with Gasteiger partial charge < -0.3 is 10.4 Å². The van der Waals surface area contributed by atoms with Crippen molar-refractivity contribution >= 4 is 0 Å². The lowest BCUT2D eigenvalue weighted by Gasteiger charge is -2.30. The van der Waals surface area contributed by atoms with E-state index in [-0.39, 0.29) is 6.10 Å². The first-order valence-corrected chi connectivity index (χ1v) is 6.24. The number of aliphatic hydroxyl groups excluding tert-OH is 1. The molecule has 0 saturated carbocycles. The third-order valence-corrected chi connectivity index (χ3v) is 3.33. The molecule has 2 rings (SSSR count). The number of fused-ring (bicyclic) bond motifs is 1. The van der Waals surface area contributed by atoms with Gasteiger partial charge in [-0.05, 0) is 43.9 Å². The van der Waals surface area contributed by atoms with E-state index in [1.165, 1.54) is 17.5 Å². The summed E-state index contributed by atoms with van der Waals surface area (Å²) in [5.74, 6) is 0.711. The molecule has 0 heterocycles. The highest BCUT2D eigenvalue weighted by Gasteiger charge is 2.24. The highest BCUT2D eigenvalue weighted by molar-refractivity contribution is 5.40. The van der Waals surface area contributed by atoms with Crippen molar-refractivity contribution in [2.45, 2.75) is 38.2 Å². The molecule has 2 heteroatoms. The Hall–Kier alpha value is -0.860. The van der Waals surface area contributed by atoms with Gasteiger partial charge in [0.2, 0.25) is 0 Å². The van der Waals surface area contributed by atoms with Crippen LogP contribution in [0.5, 0.6) is 0 Å². The minimum Gasteiger partial charge on any atom is -0.393 e. The molecule has 0 aromatic heterocycles. The van der Waals surface area contributed by atoms with Crippen molar-refractivity contribution in [3.8, 4) is 0 Å². The van der Waals surface area contributed by atoms with Crippen LogP contribution in [0.1, 0.15) is 36.8 Å². The Kier molecular flexibility index (Phi) is 3.97. The first-order valence-electron chi connectivity index (χ1n) is 6.24. The van der Waals surface area contributed by atoms with Crippen LogP contribution in [0.25, 0.3) is 0 Å². The van der Waals surface area contributed by atoms with E-state index >= 15 is 0 Å². The van der Waals surface area contributed by atoms with Crippen molar-refractivity contribution in [2.24, 2.45) is 0 Å². The summed E-state index contributed by atoms with van der Waals surface area (Å²) in [5.41, 5.74) is 3.03. The van der Waals surface area contributed by atoms with Crippen LogP contribution in [-0.2, 0) is 6.42 Å². The Morgan fingerprint density at radius 3 is 3.00 bits per heavy atom. The van der Waals surface area contributed by atoms with Crippen LogP contribution in [0.2, 0.25) is 0 Å². The maximum absolute atomic E-state index is 9.12. The van der Waals surface area contributed by atoms with Gasteiger partial charge >= 0.3 is 0 Å². The number of rotatable bonds is 6. The molecule has 16 heavy (non-hydrogen) atoms. The standard InChI is InChI=1S/C14H21NO/c1-11(16)5-4-8-15-10-13-9-12-6-2-3-7-14(12)13/h2-3,6-7,11,13,15-16H,4-5,8-10H2,1H3. The molecule has 2 atom stereocenters. The lowest BCUT2D eigenvalue weighted by atomic mass is 9.77. The topological polar surface area (TPSA) is 32.3 Å².